The van der Waals surface area contributed by atoms with Gasteiger partial charge in [0.2, 0.25) is 0 Å². The van der Waals surface area contributed by atoms with Crippen molar-refractivity contribution in [2.75, 3.05) is 23.1 Å². The number of urea groups is 1. The van der Waals surface area contributed by atoms with Gasteiger partial charge in [-0.3, -0.25) is 4.79 Å². The number of rotatable bonds is 5. The Kier molecular flexibility index (Phi) is 5.72. The fourth-order valence-corrected chi connectivity index (χ4v) is 3.11. The van der Waals surface area contributed by atoms with E-state index in [-0.39, 0.29) is 11.4 Å². The molecule has 0 aliphatic heterocycles. The molecule has 9 heteroatoms. The molecule has 0 radical (unpaired) electrons. The van der Waals surface area contributed by atoms with Gasteiger partial charge < -0.3 is 25.7 Å². The molecule has 4 N–H and O–H groups in total. The Labute approximate surface area is 182 Å². The number of aromatic nitrogens is 2. The highest BCUT2D eigenvalue weighted by Gasteiger charge is 2.08. The second-order valence-corrected chi connectivity index (χ2v) is 7.03. The number of hydrogen-bond acceptors (Lipinski definition) is 5. The third-order valence-corrected chi connectivity index (χ3v) is 4.62. The number of anilines is 4. The zero-order valence-corrected chi connectivity index (χ0v) is 17.2. The Morgan fingerprint density at radius 1 is 0.968 bits per heavy atom. The highest BCUT2D eigenvalue weighted by molar-refractivity contribution is 6.30. The predicted octanol–water partition coefficient (Wildman–Crippen LogP) is 4.97. The van der Waals surface area contributed by atoms with Gasteiger partial charge >= 0.3 is 6.03 Å². The molecule has 0 saturated carbocycles. The van der Waals surface area contributed by atoms with Crippen LogP contribution in [-0.2, 0) is 0 Å². The first-order chi connectivity index (χ1) is 15.0. The molecule has 1 aromatic heterocycles. The van der Waals surface area contributed by atoms with Crippen molar-refractivity contribution in [3.8, 4) is 5.75 Å². The topological polar surface area (TPSA) is 108 Å². The molecule has 0 bridgehead atoms. The van der Waals surface area contributed by atoms with Crippen molar-refractivity contribution in [3.63, 3.8) is 0 Å². The third-order valence-electron chi connectivity index (χ3n) is 4.39. The molecule has 0 saturated heterocycles. The van der Waals surface area contributed by atoms with Crippen LogP contribution >= 0.6 is 11.6 Å². The number of aromatic amines is 1. The Bertz CT molecular complexity index is 1300. The minimum atomic E-state index is -0.435. The third kappa shape index (κ3) is 4.93. The Morgan fingerprint density at radius 3 is 2.39 bits per heavy atom. The van der Waals surface area contributed by atoms with Crippen LogP contribution in [0.25, 0.3) is 11.0 Å². The molecule has 0 atom stereocenters. The Hall–Kier alpha value is -4.04. The number of nitrogens with zero attached hydrogens (tertiary/aromatic N) is 1. The van der Waals surface area contributed by atoms with E-state index in [1.165, 1.54) is 0 Å². The molecule has 4 rings (SSSR count). The smallest absolute Gasteiger partial charge is 0.323 e. The molecule has 0 unspecified atom stereocenters. The number of ether oxygens (including phenoxy) is 1. The number of methoxy groups -OCH3 is 1. The van der Waals surface area contributed by atoms with E-state index in [9.17, 15) is 9.59 Å². The van der Waals surface area contributed by atoms with Gasteiger partial charge in [-0.1, -0.05) is 17.7 Å². The molecule has 0 fully saturated rings. The fraction of sp³-hybridized carbons (Fsp3) is 0.0455. The first-order valence-electron chi connectivity index (χ1n) is 9.29. The van der Waals surface area contributed by atoms with Gasteiger partial charge in [0.15, 0.2) is 5.82 Å². The summed E-state index contributed by atoms with van der Waals surface area (Å²) in [6.07, 6.45) is 0. The molecular weight excluding hydrogens is 418 g/mol. The van der Waals surface area contributed by atoms with Crippen LogP contribution in [0.1, 0.15) is 0 Å². The van der Waals surface area contributed by atoms with Crippen LogP contribution in [0.5, 0.6) is 5.75 Å². The van der Waals surface area contributed by atoms with Gasteiger partial charge in [0.1, 0.15) is 5.75 Å². The zero-order valence-electron chi connectivity index (χ0n) is 16.4. The number of carbonyl (C=O) groups excluding carboxylic acids is 1. The van der Waals surface area contributed by atoms with Crippen LogP contribution in [0.3, 0.4) is 0 Å². The monoisotopic (exact) mass is 435 g/mol. The van der Waals surface area contributed by atoms with Crippen LogP contribution in [0.2, 0.25) is 5.02 Å². The van der Waals surface area contributed by atoms with Crippen LogP contribution in [-0.4, -0.2) is 23.1 Å². The molecule has 0 aliphatic rings. The van der Waals surface area contributed by atoms with Crippen LogP contribution < -0.4 is 26.2 Å². The minimum absolute atomic E-state index is 0.164. The van der Waals surface area contributed by atoms with Crippen molar-refractivity contribution in [1.29, 1.82) is 0 Å². The van der Waals surface area contributed by atoms with Crippen molar-refractivity contribution in [2.24, 2.45) is 0 Å². The summed E-state index contributed by atoms with van der Waals surface area (Å²) >= 11 is 5.92. The summed E-state index contributed by atoms with van der Waals surface area (Å²) in [6, 6.07) is 18.6. The normalized spacial score (nSPS) is 10.5. The van der Waals surface area contributed by atoms with Crippen molar-refractivity contribution >= 4 is 51.5 Å². The van der Waals surface area contributed by atoms with E-state index >= 15 is 0 Å². The maximum atomic E-state index is 12.4. The van der Waals surface area contributed by atoms with E-state index in [1.807, 2.05) is 0 Å². The van der Waals surface area contributed by atoms with Gasteiger partial charge in [-0.25, -0.2) is 9.78 Å². The van der Waals surface area contributed by atoms with E-state index in [0.29, 0.717) is 38.9 Å². The van der Waals surface area contributed by atoms with Crippen LogP contribution in [0, 0.1) is 0 Å². The molecule has 31 heavy (non-hydrogen) atoms. The highest BCUT2D eigenvalue weighted by Crippen LogP contribution is 2.20. The molecule has 156 valence electrons. The largest absolute Gasteiger partial charge is 0.497 e. The molecule has 8 nitrogen and oxygen atoms in total. The van der Waals surface area contributed by atoms with Gasteiger partial charge in [0, 0.05) is 22.1 Å². The van der Waals surface area contributed by atoms with Crippen molar-refractivity contribution in [3.05, 3.63) is 82.1 Å². The van der Waals surface area contributed by atoms with Crippen molar-refractivity contribution in [2.45, 2.75) is 0 Å². The second-order valence-electron chi connectivity index (χ2n) is 6.59. The average Bonchev–Trinajstić information content (AvgIpc) is 2.75. The highest BCUT2D eigenvalue weighted by atomic mass is 35.5. The van der Waals surface area contributed by atoms with E-state index in [2.05, 4.69) is 25.9 Å². The summed E-state index contributed by atoms with van der Waals surface area (Å²) in [5, 5.41) is 8.92. The standard InChI is InChI=1S/C22H18ClN5O3/c1-31-17-8-5-14(6-9-17)24-20-21(29)28-19-12-16(7-10-18(19)27-20)26-22(30)25-15-4-2-3-13(23)11-15/h2-12H,1H3,(H,24,27)(H,28,29)(H2,25,26,30). The van der Waals surface area contributed by atoms with Crippen molar-refractivity contribution < 1.29 is 9.53 Å². The molecule has 1 heterocycles. The summed E-state index contributed by atoms with van der Waals surface area (Å²) < 4.78 is 5.13. The first kappa shape index (κ1) is 20.2. The lowest BCUT2D eigenvalue weighted by atomic mass is 10.2. The van der Waals surface area contributed by atoms with Gasteiger partial charge in [-0.2, -0.15) is 0 Å². The molecule has 4 aromatic rings. The fourth-order valence-electron chi connectivity index (χ4n) is 2.92. The maximum Gasteiger partial charge on any atom is 0.323 e. The lowest BCUT2D eigenvalue weighted by molar-refractivity contribution is 0.262. The van der Waals surface area contributed by atoms with E-state index in [1.54, 1.807) is 73.8 Å². The van der Waals surface area contributed by atoms with Gasteiger partial charge in [-0.15, -0.1) is 0 Å². The number of fused-ring (bicyclic) bond motifs is 1. The molecule has 3 aromatic carbocycles. The summed E-state index contributed by atoms with van der Waals surface area (Å²) in [6.45, 7) is 0. The Morgan fingerprint density at radius 2 is 1.68 bits per heavy atom. The number of nitrogens with one attached hydrogen (secondary N) is 4. The molecule has 0 aliphatic carbocycles. The number of amides is 2. The van der Waals surface area contributed by atoms with Crippen LogP contribution in [0.4, 0.5) is 27.7 Å². The molecule has 2 amide bonds. The summed E-state index contributed by atoms with van der Waals surface area (Å²) in [5.41, 5.74) is 2.44. The number of hydrogen-bond donors (Lipinski definition) is 4. The van der Waals surface area contributed by atoms with Gasteiger partial charge in [0.25, 0.3) is 5.56 Å². The number of benzene rings is 3. The van der Waals surface area contributed by atoms with Gasteiger partial charge in [0.05, 0.1) is 18.1 Å². The first-order valence-corrected chi connectivity index (χ1v) is 9.67. The summed E-state index contributed by atoms with van der Waals surface area (Å²) in [4.78, 5) is 31.8. The molecular formula is C22H18ClN5O3. The number of halogens is 1. The van der Waals surface area contributed by atoms with Crippen molar-refractivity contribution in [1.82, 2.24) is 9.97 Å². The second kappa shape index (κ2) is 8.76. The van der Waals surface area contributed by atoms with Gasteiger partial charge in [-0.05, 0) is 60.7 Å². The molecule has 0 spiro atoms. The lowest BCUT2D eigenvalue weighted by Crippen LogP contribution is -2.19. The minimum Gasteiger partial charge on any atom is -0.497 e. The summed E-state index contributed by atoms with van der Waals surface area (Å²) in [7, 11) is 1.59. The Balaban J connectivity index is 1.50. The van der Waals surface area contributed by atoms with E-state index in [4.69, 9.17) is 16.3 Å². The predicted molar refractivity (Wildman–Crippen MR) is 123 cm³/mol. The quantitative estimate of drug-likeness (QED) is 0.354. The zero-order chi connectivity index (χ0) is 21.8. The SMILES string of the molecule is COc1ccc(Nc2nc3ccc(NC(=O)Nc4cccc(Cl)c4)cc3[nH]c2=O)cc1. The summed E-state index contributed by atoms with van der Waals surface area (Å²) in [5.74, 6) is 0.877. The van der Waals surface area contributed by atoms with E-state index in [0.717, 1.165) is 0 Å². The number of H-pyrrole nitrogens is 1. The maximum absolute atomic E-state index is 12.4. The number of carbonyl (C=O) groups is 1. The average molecular weight is 436 g/mol. The lowest BCUT2D eigenvalue weighted by Gasteiger charge is -2.10. The van der Waals surface area contributed by atoms with E-state index < -0.39 is 6.03 Å². The van der Waals surface area contributed by atoms with Crippen LogP contribution in [0.15, 0.2) is 71.5 Å².